The van der Waals surface area contributed by atoms with Crippen LogP contribution in [0.3, 0.4) is 0 Å². The third kappa shape index (κ3) is 8.88. The van der Waals surface area contributed by atoms with E-state index >= 15 is 0 Å². The van der Waals surface area contributed by atoms with Crippen LogP contribution in [-0.4, -0.2) is 45.0 Å². The van der Waals surface area contributed by atoms with Crippen LogP contribution < -0.4 is 31.5 Å². The fourth-order valence-corrected chi connectivity index (χ4v) is 7.65. The van der Waals surface area contributed by atoms with Crippen LogP contribution in [0.2, 0.25) is 0 Å². The highest BCUT2D eigenvalue weighted by molar-refractivity contribution is 6.04. The molecule has 5 N–H and O–H groups in total. The van der Waals surface area contributed by atoms with E-state index in [9.17, 15) is 9.59 Å². The Morgan fingerprint density at radius 3 is 2.54 bits per heavy atom. The van der Waals surface area contributed by atoms with Crippen molar-refractivity contribution in [3.05, 3.63) is 130 Å². The van der Waals surface area contributed by atoms with E-state index in [4.69, 9.17) is 25.0 Å². The highest BCUT2D eigenvalue weighted by Crippen LogP contribution is 2.45. The predicted molar refractivity (Wildman–Crippen MR) is 225 cm³/mol. The van der Waals surface area contributed by atoms with Crippen molar-refractivity contribution in [3.8, 4) is 40.0 Å². The monoisotopic (exact) mass is 761 g/mol. The molecule has 9 heteroatoms. The van der Waals surface area contributed by atoms with E-state index in [1.807, 2.05) is 78.9 Å². The summed E-state index contributed by atoms with van der Waals surface area (Å²) in [5, 5.41) is 10.7. The first kappa shape index (κ1) is 38.9. The largest absolute Gasteiger partial charge is 0.496 e. The summed E-state index contributed by atoms with van der Waals surface area (Å²) in [5.41, 5.74) is 16.4. The average Bonchev–Trinajstić information content (AvgIpc) is 3.20. The number of methoxy groups -OCH3 is 1. The van der Waals surface area contributed by atoms with Crippen LogP contribution in [0.15, 0.2) is 101 Å². The lowest BCUT2D eigenvalue weighted by Crippen LogP contribution is -2.44. The third-order valence-electron chi connectivity index (χ3n) is 10.6. The number of rotatable bonds is 15. The van der Waals surface area contributed by atoms with Crippen LogP contribution in [-0.2, 0) is 20.7 Å². The molecule has 1 heterocycles. The second kappa shape index (κ2) is 17.6. The van der Waals surface area contributed by atoms with Crippen molar-refractivity contribution in [1.82, 2.24) is 5.32 Å². The first-order valence-corrected chi connectivity index (χ1v) is 19.6. The third-order valence-corrected chi connectivity index (χ3v) is 10.6. The number of nitrogen functional groups attached to an aromatic ring is 1. The van der Waals surface area contributed by atoms with Crippen molar-refractivity contribution in [2.24, 2.45) is 0 Å². The van der Waals surface area contributed by atoms with E-state index in [1.54, 1.807) is 7.11 Å². The van der Waals surface area contributed by atoms with Gasteiger partial charge in [0.2, 0.25) is 5.91 Å². The van der Waals surface area contributed by atoms with Gasteiger partial charge in [0.1, 0.15) is 23.7 Å². The van der Waals surface area contributed by atoms with E-state index in [1.165, 1.54) is 0 Å². The van der Waals surface area contributed by atoms with Gasteiger partial charge in [0.05, 0.1) is 19.3 Å². The summed E-state index contributed by atoms with van der Waals surface area (Å²) in [6.07, 6.45) is 2.31. The molecule has 1 amide bonds. The molecular formula is C48H49N4O5+. The average molecular weight is 762 g/mol. The Morgan fingerprint density at radius 1 is 0.930 bits per heavy atom. The van der Waals surface area contributed by atoms with Gasteiger partial charge in [-0.15, -0.1) is 0 Å². The first-order valence-electron chi connectivity index (χ1n) is 19.6. The second-order valence-electron chi connectivity index (χ2n) is 14.5. The minimum atomic E-state index is -0.271. The number of fused-ring (bicyclic) bond motifs is 4. The number of amides is 1. The number of ketones is 1. The van der Waals surface area contributed by atoms with Gasteiger partial charge >= 0.3 is 0 Å². The quantitative estimate of drug-likeness (QED) is 0.0468. The van der Waals surface area contributed by atoms with Gasteiger partial charge in [-0.1, -0.05) is 48.2 Å². The summed E-state index contributed by atoms with van der Waals surface area (Å²) in [6, 6.07) is 31.6. The van der Waals surface area contributed by atoms with E-state index in [0.29, 0.717) is 67.6 Å². The summed E-state index contributed by atoms with van der Waals surface area (Å²) in [6.45, 7) is 6.11. The number of nitrogens with zero attached hydrogens (tertiary/aromatic N) is 1. The van der Waals surface area contributed by atoms with Crippen molar-refractivity contribution in [3.63, 3.8) is 0 Å². The number of hydrogen-bond acceptors (Lipinski definition) is 7. The van der Waals surface area contributed by atoms with E-state index in [-0.39, 0.29) is 24.4 Å². The standard InChI is InChI=1S/C48H48N4O5/c1-4-52(42-29-43(55-3)41(25-31(42)2)48-39-21-19-35(49)27-45(39)57-46-28-36(50)20-22-40(46)48)24-10-16-47(54)51-23-9-14-37(53)30-56-44-26-34-13-6-5-11-32(34)17-18-33-12-7-8-15-38(33)44/h5-8,11-13,15,19-22,25,27-29,44,49H,4,9-10,14,16,23-24,26,30,50H2,1-3H3,(H,51,54)/p+1. The molecule has 2 aliphatic carbocycles. The SMILES string of the molecule is CCN(CCCC(=O)NCCCC(=O)COC1Cc2ccccc2C#Cc2ccccc21)c1cc(OC)c(-c2c3ccc(=[NH2+])cc-3oc3cc(N)ccc23)cc1C. The summed E-state index contributed by atoms with van der Waals surface area (Å²) < 4.78 is 18.5. The van der Waals surface area contributed by atoms with E-state index in [0.717, 1.165) is 67.9 Å². The molecule has 57 heavy (non-hydrogen) atoms. The molecule has 1 atom stereocenters. The molecule has 9 nitrogen and oxygen atoms in total. The molecule has 1 unspecified atom stereocenters. The minimum absolute atomic E-state index is 0.0107. The van der Waals surface area contributed by atoms with Gasteiger partial charge in [-0.25, -0.2) is 0 Å². The van der Waals surface area contributed by atoms with Crippen LogP contribution in [0, 0.1) is 18.8 Å². The molecule has 3 aliphatic rings. The van der Waals surface area contributed by atoms with Crippen LogP contribution in [0.5, 0.6) is 5.75 Å². The molecule has 1 aliphatic heterocycles. The maximum atomic E-state index is 12.9. The first-order chi connectivity index (χ1) is 27.7. The topological polar surface area (TPSA) is 133 Å². The number of Topliss-reactive ketones (excluding diaryl/α,β-unsaturated/α-hetero) is 1. The van der Waals surface area contributed by atoms with Crippen LogP contribution in [0.25, 0.3) is 33.4 Å². The van der Waals surface area contributed by atoms with Crippen molar-refractivity contribution in [2.75, 3.05) is 44.0 Å². The van der Waals surface area contributed by atoms with Crippen molar-refractivity contribution < 1.29 is 28.9 Å². The number of nitrogens with one attached hydrogen (secondary N) is 1. The van der Waals surface area contributed by atoms with Gasteiger partial charge in [0.15, 0.2) is 11.1 Å². The lowest BCUT2D eigenvalue weighted by Gasteiger charge is -2.27. The second-order valence-corrected chi connectivity index (χ2v) is 14.5. The molecule has 0 saturated carbocycles. The minimum Gasteiger partial charge on any atom is -0.496 e. The number of anilines is 2. The maximum absolute atomic E-state index is 12.9. The molecule has 0 fully saturated rings. The van der Waals surface area contributed by atoms with Gasteiger partial charge in [0.25, 0.3) is 0 Å². The summed E-state index contributed by atoms with van der Waals surface area (Å²) in [4.78, 5) is 28.0. The van der Waals surface area contributed by atoms with Gasteiger partial charge in [-0.3, -0.25) is 15.0 Å². The van der Waals surface area contributed by atoms with E-state index in [2.05, 4.69) is 54.1 Å². The lowest BCUT2D eigenvalue weighted by molar-refractivity contribution is -0.172. The Kier molecular flexibility index (Phi) is 12.0. The highest BCUT2D eigenvalue weighted by atomic mass is 16.5. The Balaban J connectivity index is 0.923. The number of benzene rings is 5. The normalized spacial score (nSPS) is 13.1. The fourth-order valence-electron chi connectivity index (χ4n) is 7.65. The molecule has 0 saturated heterocycles. The van der Waals surface area contributed by atoms with Crippen molar-refractivity contribution in [1.29, 1.82) is 0 Å². The molecule has 0 bridgehead atoms. The summed E-state index contributed by atoms with van der Waals surface area (Å²) in [7, 11) is 1.68. The zero-order valence-corrected chi connectivity index (χ0v) is 32.8. The Hall–Kier alpha value is -6.37. The Labute approximate surface area is 333 Å². The smallest absolute Gasteiger partial charge is 0.220 e. The molecular weight excluding hydrogens is 713 g/mol. The molecule has 4 aromatic rings. The van der Waals surface area contributed by atoms with Gasteiger partial charge in [0, 0.05) is 102 Å². The van der Waals surface area contributed by atoms with Gasteiger partial charge in [-0.2, -0.15) is 0 Å². The molecule has 4 aromatic carbocycles. The number of hydrogen-bond donors (Lipinski definition) is 3. The highest BCUT2D eigenvalue weighted by Gasteiger charge is 2.23. The Morgan fingerprint density at radius 2 is 1.72 bits per heavy atom. The van der Waals surface area contributed by atoms with Crippen molar-refractivity contribution in [2.45, 2.75) is 52.1 Å². The van der Waals surface area contributed by atoms with Gasteiger partial charge < -0.3 is 29.8 Å². The van der Waals surface area contributed by atoms with Crippen LogP contribution in [0.4, 0.5) is 11.4 Å². The molecule has 0 aromatic heterocycles. The molecule has 7 rings (SSSR count). The fraction of sp³-hybridized carbons (Fsp3) is 0.271. The van der Waals surface area contributed by atoms with E-state index < -0.39 is 0 Å². The zero-order chi connectivity index (χ0) is 39.9. The maximum Gasteiger partial charge on any atom is 0.220 e. The zero-order valence-electron chi connectivity index (χ0n) is 32.8. The number of carbonyl (C=O) groups is 2. The number of ether oxygens (including phenoxy) is 2. The summed E-state index contributed by atoms with van der Waals surface area (Å²) >= 11 is 0. The van der Waals surface area contributed by atoms with Crippen LogP contribution in [0.1, 0.15) is 66.5 Å². The molecule has 290 valence electrons. The predicted octanol–water partition coefficient (Wildman–Crippen LogP) is 6.55. The molecule has 0 spiro atoms. The van der Waals surface area contributed by atoms with Crippen molar-refractivity contribution >= 4 is 34.0 Å². The number of carbonyl (C=O) groups excluding carboxylic acids is 2. The number of aryl methyl sites for hydroxylation is 1. The Bertz CT molecular complexity index is 2530. The van der Waals surface area contributed by atoms with Gasteiger partial charge in [-0.05, 0) is 79.8 Å². The summed E-state index contributed by atoms with van der Waals surface area (Å²) in [5.74, 6) is 7.93. The van der Waals surface area contributed by atoms with Crippen LogP contribution >= 0.6 is 0 Å². The number of nitrogens with two attached hydrogens (primary N) is 2. The lowest BCUT2D eigenvalue weighted by atomic mass is 9.91. The molecule has 0 radical (unpaired) electrons.